The van der Waals surface area contributed by atoms with Crippen molar-refractivity contribution in [3.05, 3.63) is 30.3 Å². The van der Waals surface area contributed by atoms with E-state index in [0.29, 0.717) is 26.2 Å². The third-order valence-electron chi connectivity index (χ3n) is 3.69. The lowest BCUT2D eigenvalue weighted by atomic mass is 10.2. The van der Waals surface area contributed by atoms with Crippen molar-refractivity contribution in [3.63, 3.8) is 0 Å². The Labute approximate surface area is 131 Å². The van der Waals surface area contributed by atoms with E-state index in [1.165, 1.54) is 5.69 Å². The molecule has 0 atom stereocenters. The van der Waals surface area contributed by atoms with Gasteiger partial charge < -0.3 is 19.9 Å². The van der Waals surface area contributed by atoms with Crippen molar-refractivity contribution in [2.45, 2.75) is 6.42 Å². The summed E-state index contributed by atoms with van der Waals surface area (Å²) in [4.78, 5) is 27.7. The summed E-state index contributed by atoms with van der Waals surface area (Å²) in [5, 5.41) is 2.67. The second-order valence-corrected chi connectivity index (χ2v) is 5.22. The van der Waals surface area contributed by atoms with Gasteiger partial charge >= 0.3 is 0 Å². The Bertz CT molecular complexity index is 485. The maximum Gasteiger partial charge on any atom is 0.232 e. The van der Waals surface area contributed by atoms with Crippen LogP contribution in [0.4, 0.5) is 5.69 Å². The van der Waals surface area contributed by atoms with Crippen molar-refractivity contribution in [1.82, 2.24) is 10.2 Å². The van der Waals surface area contributed by atoms with Gasteiger partial charge in [0.2, 0.25) is 11.8 Å². The second-order valence-electron chi connectivity index (χ2n) is 5.22. The summed E-state index contributed by atoms with van der Waals surface area (Å²) in [6, 6.07) is 10.2. The molecule has 0 aliphatic carbocycles. The molecular formula is C16H23N3O3. The van der Waals surface area contributed by atoms with Crippen LogP contribution in [0, 0.1) is 0 Å². The second kappa shape index (κ2) is 8.38. The highest BCUT2D eigenvalue weighted by Gasteiger charge is 2.22. The minimum atomic E-state index is -0.243. The summed E-state index contributed by atoms with van der Waals surface area (Å²) in [6.45, 7) is 3.78. The average Bonchev–Trinajstić information content (AvgIpc) is 2.56. The van der Waals surface area contributed by atoms with Crippen LogP contribution in [-0.2, 0) is 14.3 Å². The molecule has 1 saturated heterocycles. The van der Waals surface area contributed by atoms with E-state index in [9.17, 15) is 9.59 Å². The molecule has 1 aromatic rings. The maximum absolute atomic E-state index is 12.1. The normalized spacial score (nSPS) is 14.8. The summed E-state index contributed by atoms with van der Waals surface area (Å²) in [5.74, 6) is -0.352. The van der Waals surface area contributed by atoms with Crippen LogP contribution in [-0.4, -0.2) is 63.2 Å². The van der Waals surface area contributed by atoms with Gasteiger partial charge in [-0.1, -0.05) is 18.2 Å². The Kier molecular flexibility index (Phi) is 6.21. The van der Waals surface area contributed by atoms with Crippen LogP contribution in [0.3, 0.4) is 0 Å². The third-order valence-corrected chi connectivity index (χ3v) is 3.69. The number of rotatable bonds is 6. The molecule has 0 bridgehead atoms. The van der Waals surface area contributed by atoms with Crippen molar-refractivity contribution in [2.75, 3.05) is 51.3 Å². The Morgan fingerprint density at radius 3 is 2.45 bits per heavy atom. The summed E-state index contributed by atoms with van der Waals surface area (Å²) >= 11 is 0. The highest BCUT2D eigenvalue weighted by molar-refractivity contribution is 5.96. The number of carbonyl (C=O) groups excluding carboxylic acids is 2. The zero-order valence-electron chi connectivity index (χ0n) is 13.0. The predicted molar refractivity (Wildman–Crippen MR) is 84.7 cm³/mol. The van der Waals surface area contributed by atoms with E-state index in [0.717, 1.165) is 13.1 Å². The molecule has 120 valence electrons. The van der Waals surface area contributed by atoms with Crippen LogP contribution in [0.1, 0.15) is 6.42 Å². The molecule has 1 aliphatic heterocycles. The van der Waals surface area contributed by atoms with Crippen molar-refractivity contribution in [3.8, 4) is 0 Å². The van der Waals surface area contributed by atoms with Crippen LogP contribution in [0.15, 0.2) is 30.3 Å². The van der Waals surface area contributed by atoms with E-state index < -0.39 is 0 Å². The van der Waals surface area contributed by atoms with Gasteiger partial charge in [-0.15, -0.1) is 0 Å². The first kappa shape index (κ1) is 16.3. The number of benzene rings is 1. The molecule has 0 saturated carbocycles. The molecule has 1 aliphatic rings. The number of nitrogens with zero attached hydrogens (tertiary/aromatic N) is 2. The zero-order chi connectivity index (χ0) is 15.8. The molecule has 1 N–H and O–H groups in total. The highest BCUT2D eigenvalue weighted by Crippen LogP contribution is 2.15. The van der Waals surface area contributed by atoms with Gasteiger partial charge in [0.15, 0.2) is 0 Å². The van der Waals surface area contributed by atoms with Crippen molar-refractivity contribution in [2.24, 2.45) is 0 Å². The van der Waals surface area contributed by atoms with E-state index in [4.69, 9.17) is 4.74 Å². The standard InChI is InChI=1S/C16H23N3O3/c1-22-12-7-17-15(20)13-16(21)19-10-8-18(9-11-19)14-5-3-2-4-6-14/h2-6H,7-13H2,1H3,(H,17,20). The van der Waals surface area contributed by atoms with Crippen LogP contribution in [0.2, 0.25) is 0 Å². The maximum atomic E-state index is 12.1. The van der Waals surface area contributed by atoms with Gasteiger partial charge in [0.05, 0.1) is 6.61 Å². The number of nitrogens with one attached hydrogen (secondary N) is 1. The molecule has 6 heteroatoms. The van der Waals surface area contributed by atoms with Gasteiger partial charge in [0, 0.05) is 45.5 Å². The van der Waals surface area contributed by atoms with Gasteiger partial charge in [-0.3, -0.25) is 9.59 Å². The fourth-order valence-corrected chi connectivity index (χ4v) is 2.46. The van der Waals surface area contributed by atoms with Crippen LogP contribution in [0.5, 0.6) is 0 Å². The lowest BCUT2D eigenvalue weighted by molar-refractivity contribution is -0.136. The van der Waals surface area contributed by atoms with E-state index in [1.54, 1.807) is 12.0 Å². The number of para-hydroxylation sites is 1. The monoisotopic (exact) mass is 305 g/mol. The summed E-state index contributed by atoms with van der Waals surface area (Å²) in [5.41, 5.74) is 1.17. The number of hydrogen-bond acceptors (Lipinski definition) is 4. The third kappa shape index (κ3) is 4.73. The predicted octanol–water partition coefficient (Wildman–Crippen LogP) is 0.488. The van der Waals surface area contributed by atoms with Crippen molar-refractivity contribution >= 4 is 17.5 Å². The molecule has 6 nitrogen and oxygen atoms in total. The van der Waals surface area contributed by atoms with E-state index >= 15 is 0 Å². The molecule has 0 radical (unpaired) electrons. The molecule has 0 aromatic heterocycles. The number of ether oxygens (including phenoxy) is 1. The molecule has 1 heterocycles. The van der Waals surface area contributed by atoms with Crippen LogP contribution >= 0.6 is 0 Å². The lowest BCUT2D eigenvalue weighted by Crippen LogP contribution is -2.49. The average molecular weight is 305 g/mol. The Morgan fingerprint density at radius 2 is 1.82 bits per heavy atom. The number of piperazine rings is 1. The lowest BCUT2D eigenvalue weighted by Gasteiger charge is -2.36. The first-order valence-corrected chi connectivity index (χ1v) is 7.54. The van der Waals surface area contributed by atoms with E-state index in [1.807, 2.05) is 18.2 Å². The van der Waals surface area contributed by atoms with Gasteiger partial charge in [0.25, 0.3) is 0 Å². The quantitative estimate of drug-likeness (QED) is 0.614. The minimum absolute atomic E-state index is 0.0882. The molecule has 1 aromatic carbocycles. The van der Waals surface area contributed by atoms with E-state index in [2.05, 4.69) is 22.3 Å². The molecule has 2 rings (SSSR count). The Morgan fingerprint density at radius 1 is 1.14 bits per heavy atom. The minimum Gasteiger partial charge on any atom is -0.383 e. The highest BCUT2D eigenvalue weighted by atomic mass is 16.5. The largest absolute Gasteiger partial charge is 0.383 e. The molecular weight excluding hydrogens is 282 g/mol. The Hall–Kier alpha value is -2.08. The molecule has 0 unspecified atom stereocenters. The van der Waals surface area contributed by atoms with Crippen molar-refractivity contribution < 1.29 is 14.3 Å². The van der Waals surface area contributed by atoms with Crippen LogP contribution in [0.25, 0.3) is 0 Å². The number of hydrogen-bond donors (Lipinski definition) is 1. The van der Waals surface area contributed by atoms with Gasteiger partial charge in [-0.2, -0.15) is 0 Å². The first-order valence-electron chi connectivity index (χ1n) is 7.54. The topological polar surface area (TPSA) is 61.9 Å². The number of anilines is 1. The number of methoxy groups -OCH3 is 1. The van der Waals surface area contributed by atoms with Gasteiger partial charge in [0.1, 0.15) is 6.42 Å². The fraction of sp³-hybridized carbons (Fsp3) is 0.500. The van der Waals surface area contributed by atoms with Crippen LogP contribution < -0.4 is 10.2 Å². The fourth-order valence-electron chi connectivity index (χ4n) is 2.46. The van der Waals surface area contributed by atoms with Crippen molar-refractivity contribution in [1.29, 1.82) is 0 Å². The number of amides is 2. The zero-order valence-corrected chi connectivity index (χ0v) is 13.0. The molecule has 22 heavy (non-hydrogen) atoms. The molecule has 1 fully saturated rings. The SMILES string of the molecule is COCCNC(=O)CC(=O)N1CCN(c2ccccc2)CC1. The van der Waals surface area contributed by atoms with E-state index in [-0.39, 0.29) is 18.2 Å². The Balaban J connectivity index is 1.74. The number of carbonyl (C=O) groups is 2. The first-order chi connectivity index (χ1) is 10.7. The summed E-state index contributed by atoms with van der Waals surface area (Å²) in [7, 11) is 1.57. The van der Waals surface area contributed by atoms with Gasteiger partial charge in [-0.05, 0) is 12.1 Å². The summed E-state index contributed by atoms with van der Waals surface area (Å²) < 4.78 is 4.85. The van der Waals surface area contributed by atoms with Gasteiger partial charge in [-0.25, -0.2) is 0 Å². The molecule has 0 spiro atoms. The summed E-state index contributed by atoms with van der Waals surface area (Å²) in [6.07, 6.45) is -0.0882. The smallest absolute Gasteiger partial charge is 0.232 e. The molecule has 2 amide bonds.